The second-order valence-electron chi connectivity index (χ2n) is 7.00. The molecule has 1 amide bonds. The van der Waals surface area contributed by atoms with Gasteiger partial charge in [-0.3, -0.25) is 15.0 Å². The van der Waals surface area contributed by atoms with Crippen LogP contribution in [-0.2, 0) is 11.0 Å². The van der Waals surface area contributed by atoms with E-state index in [1.165, 1.54) is 32.3 Å². The van der Waals surface area contributed by atoms with Crippen LogP contribution in [0.1, 0.15) is 12.5 Å². The highest BCUT2D eigenvalue weighted by Gasteiger charge is 2.47. The first-order valence-electron chi connectivity index (χ1n) is 9.17. The second kappa shape index (κ2) is 7.94. The van der Waals surface area contributed by atoms with Gasteiger partial charge in [-0.2, -0.15) is 13.2 Å². The molecule has 1 aliphatic rings. The van der Waals surface area contributed by atoms with Gasteiger partial charge < -0.3 is 10.0 Å². The van der Waals surface area contributed by atoms with E-state index < -0.39 is 23.5 Å². The smallest absolute Gasteiger partial charge is 0.416 e. The number of carbonyl (C=O) groups is 2. The molecular weight excluding hydrogens is 401 g/mol. The highest BCUT2D eigenvalue weighted by atomic mass is 19.4. The summed E-state index contributed by atoms with van der Waals surface area (Å²) in [5.74, 6) is 0.204. The van der Waals surface area contributed by atoms with Crippen LogP contribution in [0, 0.1) is 0 Å². The molecule has 0 saturated carbocycles. The Bertz CT molecular complexity index is 932. The fourth-order valence-corrected chi connectivity index (χ4v) is 3.59. The number of benzene rings is 1. The lowest BCUT2D eigenvalue weighted by Crippen LogP contribution is -2.73. The Morgan fingerprint density at radius 1 is 1.10 bits per heavy atom. The van der Waals surface area contributed by atoms with E-state index in [-0.39, 0.29) is 18.9 Å². The maximum absolute atomic E-state index is 12.7. The van der Waals surface area contributed by atoms with Gasteiger partial charge in [-0.1, -0.05) is 12.1 Å². The van der Waals surface area contributed by atoms with Crippen LogP contribution in [0.2, 0.25) is 0 Å². The Morgan fingerprint density at radius 3 is 2.20 bits per heavy atom. The number of carbonyl (C=O) groups excluding carboxylic acids is 1. The number of ketones is 1. The zero-order chi connectivity index (χ0) is 22.1. The van der Waals surface area contributed by atoms with E-state index in [4.69, 9.17) is 0 Å². The van der Waals surface area contributed by atoms with Crippen molar-refractivity contribution in [1.29, 1.82) is 0 Å². The molecule has 30 heavy (non-hydrogen) atoms. The van der Waals surface area contributed by atoms with Crippen molar-refractivity contribution in [2.45, 2.75) is 18.8 Å². The van der Waals surface area contributed by atoms with Crippen LogP contribution in [0.5, 0.6) is 0 Å². The number of hydrogen-bond donors (Lipinski definition) is 2. The van der Waals surface area contributed by atoms with Crippen LogP contribution in [-0.4, -0.2) is 59.2 Å². The Labute approximate surface area is 171 Å². The molecule has 2 aromatic rings. The number of alkyl halides is 3. The van der Waals surface area contributed by atoms with Crippen LogP contribution >= 0.6 is 0 Å². The molecule has 1 aliphatic heterocycles. The SMILES string of the molecule is CNC1(C(C)=O)CN(c2ccc(-c3ccc(C(F)(F)F)cc3)cn2)CCN1C(=O)O. The summed E-state index contributed by atoms with van der Waals surface area (Å²) in [6.07, 6.45) is -4.05. The minimum atomic E-state index is -4.39. The zero-order valence-corrected chi connectivity index (χ0v) is 16.4. The normalized spacial score (nSPS) is 19.6. The summed E-state index contributed by atoms with van der Waals surface area (Å²) >= 11 is 0. The van der Waals surface area contributed by atoms with Gasteiger partial charge in [0.1, 0.15) is 5.82 Å². The fraction of sp³-hybridized carbons (Fsp3) is 0.350. The van der Waals surface area contributed by atoms with E-state index >= 15 is 0 Å². The number of anilines is 1. The summed E-state index contributed by atoms with van der Waals surface area (Å²) in [5.41, 5.74) is -0.883. The van der Waals surface area contributed by atoms with Gasteiger partial charge in [0.25, 0.3) is 0 Å². The summed E-state index contributed by atoms with van der Waals surface area (Å²) in [6, 6.07) is 8.22. The molecule has 2 N–H and O–H groups in total. The van der Waals surface area contributed by atoms with Crippen molar-refractivity contribution in [3.63, 3.8) is 0 Å². The second-order valence-corrected chi connectivity index (χ2v) is 7.00. The average molecular weight is 422 g/mol. The van der Waals surface area contributed by atoms with E-state index in [0.29, 0.717) is 23.5 Å². The molecular formula is C20H21F3N4O3. The van der Waals surface area contributed by atoms with Crippen molar-refractivity contribution in [2.75, 3.05) is 31.6 Å². The monoisotopic (exact) mass is 422 g/mol. The van der Waals surface area contributed by atoms with Crippen molar-refractivity contribution in [2.24, 2.45) is 0 Å². The maximum Gasteiger partial charge on any atom is 0.416 e. The number of pyridine rings is 1. The van der Waals surface area contributed by atoms with E-state index in [1.54, 1.807) is 17.0 Å². The number of nitrogens with one attached hydrogen (secondary N) is 1. The third-order valence-corrected chi connectivity index (χ3v) is 5.32. The fourth-order valence-electron chi connectivity index (χ4n) is 3.59. The molecule has 1 atom stereocenters. The van der Waals surface area contributed by atoms with Gasteiger partial charge in [-0.25, -0.2) is 9.78 Å². The highest BCUT2D eigenvalue weighted by Crippen LogP contribution is 2.31. The lowest BCUT2D eigenvalue weighted by atomic mass is 9.99. The molecule has 1 aromatic carbocycles. The molecule has 0 aliphatic carbocycles. The molecule has 2 heterocycles. The summed E-state index contributed by atoms with van der Waals surface area (Å²) in [5, 5.41) is 12.3. The van der Waals surface area contributed by atoms with Crippen molar-refractivity contribution < 1.29 is 27.9 Å². The standard InChI is InChI=1S/C20H21F3N4O3/c1-13(28)19(24-2)12-26(9-10-27(19)18(29)30)17-8-5-15(11-25-17)14-3-6-16(7-4-14)20(21,22)23/h3-8,11,24H,9-10,12H2,1-2H3,(H,29,30). The number of carboxylic acid groups (broad SMARTS) is 1. The van der Waals surface area contributed by atoms with Gasteiger partial charge in [-0.05, 0) is 43.8 Å². The molecule has 10 heteroatoms. The summed E-state index contributed by atoms with van der Waals surface area (Å²) in [4.78, 5) is 31.1. The summed E-state index contributed by atoms with van der Waals surface area (Å²) in [7, 11) is 1.53. The van der Waals surface area contributed by atoms with Crippen molar-refractivity contribution in [3.8, 4) is 11.1 Å². The number of nitrogens with zero attached hydrogens (tertiary/aromatic N) is 3. The first-order chi connectivity index (χ1) is 14.1. The topological polar surface area (TPSA) is 85.8 Å². The van der Waals surface area contributed by atoms with Crippen LogP contribution in [0.15, 0.2) is 42.6 Å². The molecule has 0 radical (unpaired) electrons. The van der Waals surface area contributed by atoms with Crippen LogP contribution in [0.3, 0.4) is 0 Å². The Hall–Kier alpha value is -3.14. The molecule has 7 nitrogen and oxygen atoms in total. The first kappa shape index (κ1) is 21.6. The lowest BCUT2D eigenvalue weighted by molar-refractivity contribution is -0.137. The Balaban J connectivity index is 1.82. The van der Waals surface area contributed by atoms with Gasteiger partial charge in [0.05, 0.1) is 12.1 Å². The average Bonchev–Trinajstić information content (AvgIpc) is 2.72. The number of piperazine rings is 1. The van der Waals surface area contributed by atoms with Gasteiger partial charge >= 0.3 is 12.3 Å². The number of rotatable bonds is 4. The van der Waals surface area contributed by atoms with Gasteiger partial charge in [0.15, 0.2) is 11.4 Å². The van der Waals surface area contributed by atoms with Gasteiger partial charge in [0, 0.05) is 24.8 Å². The first-order valence-corrected chi connectivity index (χ1v) is 9.17. The molecule has 160 valence electrons. The molecule has 1 saturated heterocycles. The third-order valence-electron chi connectivity index (χ3n) is 5.32. The molecule has 1 aromatic heterocycles. The Morgan fingerprint density at radius 2 is 1.73 bits per heavy atom. The van der Waals surface area contributed by atoms with Crippen LogP contribution in [0.25, 0.3) is 11.1 Å². The lowest BCUT2D eigenvalue weighted by Gasteiger charge is -2.48. The highest BCUT2D eigenvalue weighted by molar-refractivity contribution is 5.90. The van der Waals surface area contributed by atoms with E-state index in [9.17, 15) is 27.9 Å². The maximum atomic E-state index is 12.7. The predicted octanol–water partition coefficient (Wildman–Crippen LogP) is 3.07. The quantitative estimate of drug-likeness (QED) is 0.788. The number of amides is 1. The summed E-state index contributed by atoms with van der Waals surface area (Å²) < 4.78 is 38.2. The number of halogens is 3. The number of Topliss-reactive ketones (excluding diaryl/α,β-unsaturated/α-hetero) is 1. The minimum absolute atomic E-state index is 0.0811. The molecule has 1 unspecified atom stereocenters. The van der Waals surface area contributed by atoms with Crippen molar-refractivity contribution in [1.82, 2.24) is 15.2 Å². The molecule has 1 fully saturated rings. The van der Waals surface area contributed by atoms with E-state index in [2.05, 4.69) is 10.3 Å². The minimum Gasteiger partial charge on any atom is -0.465 e. The van der Waals surface area contributed by atoms with E-state index in [1.807, 2.05) is 0 Å². The van der Waals surface area contributed by atoms with Crippen LogP contribution in [0.4, 0.5) is 23.8 Å². The Kier molecular flexibility index (Phi) is 5.71. The predicted molar refractivity (Wildman–Crippen MR) is 104 cm³/mol. The third kappa shape index (κ3) is 3.95. The number of likely N-dealkylation sites (N-methyl/N-ethyl adjacent to an activating group) is 1. The van der Waals surface area contributed by atoms with Gasteiger partial charge in [-0.15, -0.1) is 0 Å². The van der Waals surface area contributed by atoms with Crippen LogP contribution < -0.4 is 10.2 Å². The number of hydrogen-bond acceptors (Lipinski definition) is 5. The molecule has 0 bridgehead atoms. The summed E-state index contributed by atoms with van der Waals surface area (Å²) in [6.45, 7) is 1.86. The van der Waals surface area contributed by atoms with Crippen molar-refractivity contribution >= 4 is 17.7 Å². The molecule has 3 rings (SSSR count). The molecule has 0 spiro atoms. The van der Waals surface area contributed by atoms with E-state index in [0.717, 1.165) is 17.0 Å². The number of aromatic nitrogens is 1. The zero-order valence-electron chi connectivity index (χ0n) is 16.4. The van der Waals surface area contributed by atoms with Gasteiger partial charge in [0.2, 0.25) is 0 Å². The van der Waals surface area contributed by atoms with Crippen molar-refractivity contribution in [3.05, 3.63) is 48.2 Å². The largest absolute Gasteiger partial charge is 0.465 e.